The molecule has 0 radical (unpaired) electrons. The predicted octanol–water partition coefficient (Wildman–Crippen LogP) is 3.24. The van der Waals surface area contributed by atoms with E-state index < -0.39 is 6.35 Å². The molecular weight excluding hydrogens is 333 g/mol. The lowest BCUT2D eigenvalue weighted by Crippen LogP contribution is -2.61. The van der Waals surface area contributed by atoms with Gasteiger partial charge < -0.3 is 3.96 Å². The molecule has 4 nitrogen and oxygen atoms in total. The number of aromatic nitrogens is 3. The van der Waals surface area contributed by atoms with Gasteiger partial charge in [-0.3, -0.25) is 15.0 Å². The van der Waals surface area contributed by atoms with E-state index >= 15 is 0 Å². The number of pyridine rings is 3. The summed E-state index contributed by atoms with van der Waals surface area (Å²) in [5.74, 6) is 1.10. The lowest BCUT2D eigenvalue weighted by atomic mass is 9.30. The molecular formula is C22H18BN3O. The molecule has 0 aliphatic carbocycles. The van der Waals surface area contributed by atoms with E-state index in [-0.39, 0.29) is 0 Å². The van der Waals surface area contributed by atoms with Crippen LogP contribution in [0.1, 0.15) is 18.4 Å². The summed E-state index contributed by atoms with van der Waals surface area (Å²) >= 11 is 0. The highest BCUT2D eigenvalue weighted by Gasteiger charge is 2.54. The van der Waals surface area contributed by atoms with Gasteiger partial charge in [0, 0.05) is 42.0 Å². The minimum absolute atomic E-state index is 0.947. The third kappa shape index (κ3) is 2.15. The van der Waals surface area contributed by atoms with Gasteiger partial charge in [-0.05, 0) is 42.4 Å². The van der Waals surface area contributed by atoms with Crippen molar-refractivity contribution in [3.63, 3.8) is 0 Å². The van der Waals surface area contributed by atoms with Crippen LogP contribution in [0.2, 0.25) is 0 Å². The van der Waals surface area contributed by atoms with E-state index in [2.05, 4.69) is 47.5 Å². The zero-order chi connectivity index (χ0) is 18.3. The Morgan fingerprint density at radius 1 is 0.704 bits per heavy atom. The Labute approximate surface area is 157 Å². The summed E-state index contributed by atoms with van der Waals surface area (Å²) in [5.41, 5.74) is 5.18. The molecule has 0 amide bonds. The molecule has 0 spiro atoms. The second-order valence-corrected chi connectivity index (χ2v) is 6.78. The summed E-state index contributed by atoms with van der Waals surface area (Å²) in [6, 6.07) is 22.3. The maximum Gasteiger partial charge on any atom is 0.456 e. The Morgan fingerprint density at radius 2 is 1.33 bits per heavy atom. The van der Waals surface area contributed by atoms with Crippen LogP contribution in [-0.2, 0) is 0 Å². The first kappa shape index (κ1) is 15.8. The quantitative estimate of drug-likeness (QED) is 0.420. The van der Waals surface area contributed by atoms with Crippen molar-refractivity contribution in [2.24, 2.45) is 0 Å². The third-order valence-electron chi connectivity index (χ3n) is 5.44. The zero-order valence-electron chi connectivity index (χ0n) is 15.0. The molecule has 4 aromatic rings. The Kier molecular flexibility index (Phi) is 3.54. The van der Waals surface area contributed by atoms with Gasteiger partial charge in [0.05, 0.1) is 0 Å². The summed E-state index contributed by atoms with van der Waals surface area (Å²) in [5, 5.41) is 0. The van der Waals surface area contributed by atoms with Gasteiger partial charge in [-0.25, -0.2) is 0 Å². The molecule has 0 bridgehead atoms. The van der Waals surface area contributed by atoms with Crippen LogP contribution in [0.3, 0.4) is 0 Å². The normalized spacial score (nSPS) is 15.0. The number of hydrogen-bond acceptors (Lipinski definition) is 3. The van der Waals surface area contributed by atoms with E-state index in [0.29, 0.717) is 0 Å². The molecule has 0 saturated carbocycles. The molecule has 0 unspecified atom stereocenters. The second kappa shape index (κ2) is 6.06. The summed E-state index contributed by atoms with van der Waals surface area (Å²) in [6.45, 7) is 2.15. The molecule has 4 aromatic heterocycles. The largest absolute Gasteiger partial charge is 0.775 e. The Bertz CT molecular complexity index is 1080. The molecule has 0 fully saturated rings. The van der Waals surface area contributed by atoms with Gasteiger partial charge in [0.15, 0.2) is 6.26 Å². The molecule has 0 saturated heterocycles. The number of furan rings is 1. The summed E-state index contributed by atoms with van der Waals surface area (Å²) < 4.78 is 3.39. The average Bonchev–Trinajstić information content (AvgIpc) is 3.31. The lowest BCUT2D eigenvalue weighted by Gasteiger charge is -2.36. The molecule has 1 aliphatic rings. The van der Waals surface area contributed by atoms with E-state index in [1.807, 2.05) is 55.0 Å². The van der Waals surface area contributed by atoms with Crippen LogP contribution in [0.15, 0.2) is 95.5 Å². The summed E-state index contributed by atoms with van der Waals surface area (Å²) in [4.78, 5) is 14.3. The number of allylic oxidation sites excluding steroid dienone is 1. The fraction of sp³-hybridized carbons (Fsp3) is 0.0455. The van der Waals surface area contributed by atoms with Crippen LogP contribution < -0.4 is 11.2 Å². The molecule has 0 atom stereocenters. The van der Waals surface area contributed by atoms with Gasteiger partial charge >= 0.3 is 6.35 Å². The van der Waals surface area contributed by atoms with Crippen molar-refractivity contribution in [3.05, 3.63) is 103 Å². The van der Waals surface area contributed by atoms with Crippen LogP contribution in [-0.4, -0.2) is 21.3 Å². The van der Waals surface area contributed by atoms with Gasteiger partial charge in [-0.15, -0.1) is 0 Å². The highest BCUT2D eigenvalue weighted by atomic mass is 16.5. The van der Waals surface area contributed by atoms with Crippen molar-refractivity contribution >= 4 is 28.6 Å². The van der Waals surface area contributed by atoms with Gasteiger partial charge in [0.25, 0.3) is 0 Å². The smallest absolute Gasteiger partial charge is 0.456 e. The van der Waals surface area contributed by atoms with Crippen molar-refractivity contribution in [1.82, 2.24) is 15.0 Å². The second-order valence-electron chi connectivity index (χ2n) is 6.78. The molecule has 0 aromatic carbocycles. The molecule has 5 heterocycles. The highest BCUT2D eigenvalue weighted by molar-refractivity contribution is 7.12. The molecule has 1 aliphatic heterocycles. The van der Waals surface area contributed by atoms with E-state index in [9.17, 15) is 0 Å². The highest BCUT2D eigenvalue weighted by Crippen LogP contribution is 2.45. The summed E-state index contributed by atoms with van der Waals surface area (Å²) in [7, 11) is 0. The average molecular weight is 351 g/mol. The fourth-order valence-corrected chi connectivity index (χ4v) is 4.40. The molecule has 5 heteroatoms. The molecule has 0 N–H and O–H groups in total. The van der Waals surface area contributed by atoms with Crippen molar-refractivity contribution < 1.29 is 3.96 Å². The van der Waals surface area contributed by atoms with Gasteiger partial charge in [0.2, 0.25) is 5.76 Å². The third-order valence-corrected chi connectivity index (χ3v) is 5.44. The SMILES string of the molecule is CC1=C(c2ccccn2)[B-](c2ccccn2)(c2ccccn2)[o+]2cccc21. The van der Waals surface area contributed by atoms with Crippen LogP contribution in [0, 0.1) is 0 Å². The van der Waals surface area contributed by atoms with Crippen molar-refractivity contribution in [1.29, 1.82) is 0 Å². The number of nitrogens with zero attached hydrogens (tertiary/aromatic N) is 3. The predicted molar refractivity (Wildman–Crippen MR) is 109 cm³/mol. The maximum absolute atomic E-state index is 4.78. The Hall–Kier alpha value is -3.47. The van der Waals surface area contributed by atoms with Crippen LogP contribution >= 0.6 is 0 Å². The number of rotatable bonds is 3. The van der Waals surface area contributed by atoms with E-state index in [4.69, 9.17) is 15.0 Å². The molecule has 27 heavy (non-hydrogen) atoms. The minimum atomic E-state index is -1.65. The number of fused-ring (bicyclic) bond motifs is 1. The monoisotopic (exact) mass is 351 g/mol. The Balaban J connectivity index is 1.94. The minimum Gasteiger partial charge on any atom is -0.775 e. The van der Waals surface area contributed by atoms with Gasteiger partial charge in [-0.2, -0.15) is 0 Å². The lowest BCUT2D eigenvalue weighted by molar-refractivity contribution is 0.374. The van der Waals surface area contributed by atoms with Gasteiger partial charge in [-0.1, -0.05) is 35.8 Å². The van der Waals surface area contributed by atoms with Crippen LogP contribution in [0.4, 0.5) is 0 Å². The molecule has 130 valence electrons. The standard InChI is InChI=1S/C22H18BN3O/c1-17-19-10-8-16-27(19)23(20-11-3-6-14-25-20,21-12-4-7-15-26-21)22(17)18-9-2-5-13-24-18/h2-16H,1H3. The van der Waals surface area contributed by atoms with Crippen LogP contribution in [0.5, 0.6) is 0 Å². The van der Waals surface area contributed by atoms with E-state index in [1.54, 1.807) is 0 Å². The zero-order valence-corrected chi connectivity index (χ0v) is 15.0. The van der Waals surface area contributed by atoms with Crippen molar-refractivity contribution in [3.8, 4) is 0 Å². The van der Waals surface area contributed by atoms with Crippen LogP contribution in [0.25, 0.3) is 11.0 Å². The first-order valence-corrected chi connectivity index (χ1v) is 9.06. The topological polar surface area (TPSA) is 41.4 Å². The maximum atomic E-state index is 4.78. The number of hydrogen-bond donors (Lipinski definition) is 0. The van der Waals surface area contributed by atoms with Crippen molar-refractivity contribution in [2.75, 3.05) is 0 Å². The van der Waals surface area contributed by atoms with Gasteiger partial charge in [0.1, 0.15) is 0 Å². The molecule has 5 rings (SSSR count). The fourth-order valence-electron chi connectivity index (χ4n) is 4.40. The van der Waals surface area contributed by atoms with Crippen molar-refractivity contribution in [2.45, 2.75) is 6.92 Å². The first-order chi connectivity index (χ1) is 13.3. The Morgan fingerprint density at radius 3 is 1.89 bits per heavy atom. The summed E-state index contributed by atoms with van der Waals surface area (Å²) in [6.07, 6.45) is 5.93. The first-order valence-electron chi connectivity index (χ1n) is 9.06. The van der Waals surface area contributed by atoms with E-state index in [1.165, 1.54) is 5.57 Å². The van der Waals surface area contributed by atoms with E-state index in [0.717, 1.165) is 28.1 Å².